The van der Waals surface area contributed by atoms with Gasteiger partial charge in [-0.1, -0.05) is 6.92 Å². The first kappa shape index (κ1) is 15.7. The molecule has 1 aliphatic heterocycles. The number of ether oxygens (including phenoxy) is 1. The SMILES string of the molecule is CCCSc1ccc(N2C[C@H](CNC(C)=O)OC2=O)cc1. The molecular formula is C15H20N2O3S. The van der Waals surface area contributed by atoms with Gasteiger partial charge in [-0.05, 0) is 36.4 Å². The third-order valence-corrected chi connectivity index (χ3v) is 4.29. The predicted octanol–water partition coefficient (Wildman–Crippen LogP) is 2.65. The highest BCUT2D eigenvalue weighted by molar-refractivity contribution is 7.99. The first-order valence-electron chi connectivity index (χ1n) is 7.05. The van der Waals surface area contributed by atoms with Crippen LogP contribution in [-0.4, -0.2) is 36.9 Å². The van der Waals surface area contributed by atoms with Gasteiger partial charge in [-0.25, -0.2) is 4.79 Å². The lowest BCUT2D eigenvalue weighted by molar-refractivity contribution is -0.119. The Balaban J connectivity index is 1.95. The van der Waals surface area contributed by atoms with Crippen LogP contribution in [0.2, 0.25) is 0 Å². The smallest absolute Gasteiger partial charge is 0.414 e. The summed E-state index contributed by atoms with van der Waals surface area (Å²) >= 11 is 1.80. The molecule has 0 radical (unpaired) electrons. The van der Waals surface area contributed by atoms with Crippen LogP contribution in [0.15, 0.2) is 29.2 Å². The number of hydrogen-bond donors (Lipinski definition) is 1. The number of nitrogens with one attached hydrogen (secondary N) is 1. The van der Waals surface area contributed by atoms with Crippen LogP contribution in [-0.2, 0) is 9.53 Å². The number of carbonyl (C=O) groups excluding carboxylic acids is 2. The zero-order valence-corrected chi connectivity index (χ0v) is 13.1. The minimum absolute atomic E-state index is 0.123. The molecule has 2 amide bonds. The van der Waals surface area contributed by atoms with Crippen LogP contribution in [0.1, 0.15) is 20.3 Å². The zero-order chi connectivity index (χ0) is 15.2. The quantitative estimate of drug-likeness (QED) is 0.821. The number of rotatable bonds is 6. The number of nitrogens with zero attached hydrogens (tertiary/aromatic N) is 1. The average Bonchev–Trinajstić information content (AvgIpc) is 2.84. The maximum atomic E-state index is 11.9. The monoisotopic (exact) mass is 308 g/mol. The van der Waals surface area contributed by atoms with Gasteiger partial charge >= 0.3 is 6.09 Å². The van der Waals surface area contributed by atoms with Crippen LogP contribution in [0.4, 0.5) is 10.5 Å². The van der Waals surface area contributed by atoms with Crippen molar-refractivity contribution < 1.29 is 14.3 Å². The Morgan fingerprint density at radius 3 is 2.76 bits per heavy atom. The van der Waals surface area contributed by atoms with Crippen LogP contribution >= 0.6 is 11.8 Å². The standard InChI is InChI=1S/C15H20N2O3S/c1-3-8-21-14-6-4-12(5-7-14)17-10-13(20-15(17)19)9-16-11(2)18/h4-7,13H,3,8-10H2,1-2H3,(H,16,18)/t13-/m0/s1. The maximum Gasteiger partial charge on any atom is 0.414 e. The Labute approximate surface area is 129 Å². The summed E-state index contributed by atoms with van der Waals surface area (Å²) in [6.45, 7) is 4.40. The van der Waals surface area contributed by atoms with Crippen LogP contribution < -0.4 is 10.2 Å². The van der Waals surface area contributed by atoms with Gasteiger partial charge in [0.15, 0.2) is 0 Å². The van der Waals surface area contributed by atoms with Crippen molar-refractivity contribution in [1.82, 2.24) is 5.32 Å². The van der Waals surface area contributed by atoms with Gasteiger partial charge in [0.05, 0.1) is 13.1 Å². The van der Waals surface area contributed by atoms with Gasteiger partial charge in [0.25, 0.3) is 0 Å². The van der Waals surface area contributed by atoms with Gasteiger partial charge < -0.3 is 10.1 Å². The molecule has 1 aromatic carbocycles. The van der Waals surface area contributed by atoms with E-state index in [0.29, 0.717) is 13.1 Å². The van der Waals surface area contributed by atoms with Gasteiger partial charge in [0, 0.05) is 17.5 Å². The molecule has 0 bridgehead atoms. The fraction of sp³-hybridized carbons (Fsp3) is 0.467. The normalized spacial score (nSPS) is 17.7. The number of benzene rings is 1. The van der Waals surface area contributed by atoms with E-state index in [-0.39, 0.29) is 18.1 Å². The molecule has 0 saturated carbocycles. The van der Waals surface area contributed by atoms with Crippen molar-refractivity contribution >= 4 is 29.4 Å². The summed E-state index contributed by atoms with van der Waals surface area (Å²) < 4.78 is 5.24. The summed E-state index contributed by atoms with van der Waals surface area (Å²) in [6.07, 6.45) is 0.477. The number of cyclic esters (lactones) is 1. The Morgan fingerprint density at radius 2 is 2.14 bits per heavy atom. The van der Waals surface area contributed by atoms with Crippen molar-refractivity contribution in [3.63, 3.8) is 0 Å². The van der Waals surface area contributed by atoms with E-state index in [2.05, 4.69) is 12.2 Å². The van der Waals surface area contributed by atoms with Crippen LogP contribution in [0.25, 0.3) is 0 Å². The summed E-state index contributed by atoms with van der Waals surface area (Å²) in [5, 5.41) is 2.67. The van der Waals surface area contributed by atoms with E-state index in [1.165, 1.54) is 11.8 Å². The Kier molecular flexibility index (Phi) is 5.50. The highest BCUT2D eigenvalue weighted by Crippen LogP contribution is 2.25. The van der Waals surface area contributed by atoms with E-state index in [1.54, 1.807) is 16.7 Å². The van der Waals surface area contributed by atoms with Crippen molar-refractivity contribution in [2.75, 3.05) is 23.7 Å². The number of thioether (sulfide) groups is 1. The van der Waals surface area contributed by atoms with Crippen LogP contribution in [0.3, 0.4) is 0 Å². The summed E-state index contributed by atoms with van der Waals surface area (Å²) in [5.74, 6) is 0.964. The fourth-order valence-corrected chi connectivity index (χ4v) is 2.81. The maximum absolute atomic E-state index is 11.9. The van der Waals surface area contributed by atoms with Crippen molar-refractivity contribution in [3.8, 4) is 0 Å². The van der Waals surface area contributed by atoms with E-state index >= 15 is 0 Å². The first-order chi connectivity index (χ1) is 10.1. The minimum Gasteiger partial charge on any atom is -0.442 e. The third-order valence-electron chi connectivity index (χ3n) is 3.07. The van der Waals surface area contributed by atoms with Crippen molar-refractivity contribution in [3.05, 3.63) is 24.3 Å². The highest BCUT2D eigenvalue weighted by Gasteiger charge is 2.32. The van der Waals surface area contributed by atoms with Gasteiger partial charge in [-0.15, -0.1) is 11.8 Å². The molecule has 0 aliphatic carbocycles. The molecular weight excluding hydrogens is 288 g/mol. The van der Waals surface area contributed by atoms with E-state index < -0.39 is 0 Å². The highest BCUT2D eigenvalue weighted by atomic mass is 32.2. The molecule has 1 aromatic rings. The first-order valence-corrected chi connectivity index (χ1v) is 8.04. The van der Waals surface area contributed by atoms with Crippen LogP contribution in [0, 0.1) is 0 Å². The van der Waals surface area contributed by atoms with Crippen molar-refractivity contribution in [2.45, 2.75) is 31.3 Å². The zero-order valence-electron chi connectivity index (χ0n) is 12.3. The number of amides is 2. The molecule has 6 heteroatoms. The number of hydrogen-bond acceptors (Lipinski definition) is 4. The van der Waals surface area contributed by atoms with Gasteiger partial charge in [0.1, 0.15) is 6.10 Å². The Hall–Kier alpha value is -1.69. The average molecular weight is 308 g/mol. The molecule has 1 N–H and O–H groups in total. The molecule has 1 saturated heterocycles. The minimum atomic E-state index is -0.362. The third kappa shape index (κ3) is 4.39. The van der Waals surface area contributed by atoms with E-state index in [1.807, 2.05) is 24.3 Å². The van der Waals surface area contributed by atoms with E-state index in [9.17, 15) is 9.59 Å². The second-order valence-corrected chi connectivity index (χ2v) is 6.06. The molecule has 114 valence electrons. The molecule has 21 heavy (non-hydrogen) atoms. The van der Waals surface area contributed by atoms with Crippen LogP contribution in [0.5, 0.6) is 0 Å². The summed E-state index contributed by atoms with van der Waals surface area (Å²) in [6, 6.07) is 7.90. The Morgan fingerprint density at radius 1 is 1.43 bits per heavy atom. The van der Waals surface area contributed by atoms with Gasteiger partial charge in [-0.2, -0.15) is 0 Å². The largest absolute Gasteiger partial charge is 0.442 e. The summed E-state index contributed by atoms with van der Waals surface area (Å²) in [7, 11) is 0. The number of anilines is 1. The molecule has 0 aromatic heterocycles. The molecule has 1 heterocycles. The topological polar surface area (TPSA) is 58.6 Å². The van der Waals surface area contributed by atoms with Crippen molar-refractivity contribution in [2.24, 2.45) is 0 Å². The van der Waals surface area contributed by atoms with Gasteiger partial charge in [-0.3, -0.25) is 9.69 Å². The van der Waals surface area contributed by atoms with E-state index in [4.69, 9.17) is 4.74 Å². The number of carbonyl (C=O) groups is 2. The second-order valence-electron chi connectivity index (χ2n) is 4.90. The molecule has 1 aliphatic rings. The fourth-order valence-electron chi connectivity index (χ4n) is 2.04. The lowest BCUT2D eigenvalue weighted by atomic mass is 10.2. The predicted molar refractivity (Wildman–Crippen MR) is 83.8 cm³/mol. The van der Waals surface area contributed by atoms with Gasteiger partial charge in [0.2, 0.25) is 5.91 Å². The van der Waals surface area contributed by atoms with E-state index in [0.717, 1.165) is 17.9 Å². The molecule has 5 nitrogen and oxygen atoms in total. The lowest BCUT2D eigenvalue weighted by Crippen LogP contribution is -2.33. The molecule has 2 rings (SSSR count). The molecule has 0 spiro atoms. The second kappa shape index (κ2) is 7.36. The lowest BCUT2D eigenvalue weighted by Gasteiger charge is -2.13. The van der Waals surface area contributed by atoms with Crippen molar-refractivity contribution in [1.29, 1.82) is 0 Å². The Bertz CT molecular complexity index is 504. The molecule has 1 fully saturated rings. The summed E-state index contributed by atoms with van der Waals surface area (Å²) in [4.78, 5) is 25.6. The molecule has 1 atom stereocenters. The summed E-state index contributed by atoms with van der Waals surface area (Å²) in [5.41, 5.74) is 0.825. The molecule has 0 unspecified atom stereocenters.